The lowest BCUT2D eigenvalue weighted by molar-refractivity contribution is -0.127. The summed E-state index contributed by atoms with van der Waals surface area (Å²) in [4.78, 5) is 27.5. The Hall–Kier alpha value is -4.78. The van der Waals surface area contributed by atoms with Crippen molar-refractivity contribution in [1.29, 1.82) is 10.7 Å². The number of ether oxygens (including phenoxy) is 1. The number of nitrogens with two attached hydrogens (primary N) is 1. The molecule has 1 amide bonds. The fraction of sp³-hybridized carbons (Fsp3) is 0.286. The molecule has 1 unspecified atom stereocenters. The highest BCUT2D eigenvalue weighted by atomic mass is 16.5. The molecule has 1 saturated heterocycles. The third-order valence-corrected chi connectivity index (χ3v) is 6.54. The lowest BCUT2D eigenvalue weighted by Gasteiger charge is -2.33. The summed E-state index contributed by atoms with van der Waals surface area (Å²) in [6.45, 7) is 1.02. The van der Waals surface area contributed by atoms with Gasteiger partial charge in [-0.3, -0.25) is 10.2 Å². The van der Waals surface area contributed by atoms with Gasteiger partial charge in [-0.05, 0) is 49.8 Å². The van der Waals surface area contributed by atoms with Gasteiger partial charge in [0.05, 0.1) is 11.3 Å². The van der Waals surface area contributed by atoms with Crippen LogP contribution in [0, 0.1) is 22.7 Å². The average Bonchev–Trinajstić information content (AvgIpc) is 3.77. The zero-order valence-corrected chi connectivity index (χ0v) is 20.8. The Morgan fingerprint density at radius 3 is 2.68 bits per heavy atom. The second kappa shape index (κ2) is 11.1. The van der Waals surface area contributed by atoms with Gasteiger partial charge in [-0.15, -0.1) is 0 Å². The summed E-state index contributed by atoms with van der Waals surface area (Å²) in [6.07, 6.45) is 8.35. The molecule has 10 heteroatoms. The van der Waals surface area contributed by atoms with Gasteiger partial charge in [-0.2, -0.15) is 5.26 Å². The number of aromatic nitrogens is 3. The number of nitrogen functional groups attached to an aromatic ring is 1. The molecule has 1 aliphatic carbocycles. The molecule has 2 aromatic heterocycles. The van der Waals surface area contributed by atoms with Crippen LogP contribution >= 0.6 is 0 Å². The molecular formula is C28H28N8O2. The van der Waals surface area contributed by atoms with Gasteiger partial charge >= 0.3 is 0 Å². The number of carbonyl (C=O) groups is 1. The number of piperidine rings is 1. The maximum absolute atomic E-state index is 13.0. The van der Waals surface area contributed by atoms with Gasteiger partial charge in [0.1, 0.15) is 35.4 Å². The normalized spacial score (nSPS) is 17.4. The number of likely N-dealkylation sites (tertiary alicyclic amines) is 1. The molecule has 38 heavy (non-hydrogen) atoms. The van der Waals surface area contributed by atoms with Crippen LogP contribution < -0.4 is 15.8 Å². The number of amides is 1. The first-order chi connectivity index (χ1) is 18.5. The zero-order valence-electron chi connectivity index (χ0n) is 20.8. The van der Waals surface area contributed by atoms with Crippen LogP contribution in [0.5, 0.6) is 11.6 Å². The van der Waals surface area contributed by atoms with Crippen molar-refractivity contribution < 1.29 is 9.53 Å². The monoisotopic (exact) mass is 508 g/mol. The third kappa shape index (κ3) is 5.78. The molecule has 1 aromatic carbocycles. The number of para-hydroxylation sites is 1. The van der Waals surface area contributed by atoms with Crippen molar-refractivity contribution in [3.63, 3.8) is 0 Å². The highest BCUT2D eigenvalue weighted by Gasteiger charge is 2.29. The fourth-order valence-electron chi connectivity index (χ4n) is 4.40. The van der Waals surface area contributed by atoms with Crippen LogP contribution in [0.4, 0.5) is 11.6 Å². The summed E-state index contributed by atoms with van der Waals surface area (Å²) >= 11 is 0. The van der Waals surface area contributed by atoms with Gasteiger partial charge in [0, 0.05) is 37.0 Å². The SMILES string of the molecule is N#C/C(=C\C1CC1)C(=O)N1CCCC(Nc2ncnc(N)c2C(=N)c2ccc(Oc3ccccc3)nc2)C1. The van der Waals surface area contributed by atoms with E-state index in [1.54, 1.807) is 29.3 Å². The lowest BCUT2D eigenvalue weighted by Crippen LogP contribution is -2.45. The van der Waals surface area contributed by atoms with E-state index < -0.39 is 0 Å². The molecule has 1 aliphatic heterocycles. The number of hydrogen-bond acceptors (Lipinski definition) is 9. The summed E-state index contributed by atoms with van der Waals surface area (Å²) in [5, 5.41) is 21.7. The molecule has 1 atom stereocenters. The van der Waals surface area contributed by atoms with Crippen LogP contribution in [-0.4, -0.2) is 50.6 Å². The number of nitrogens with one attached hydrogen (secondary N) is 2. The number of nitrogens with zero attached hydrogens (tertiary/aromatic N) is 5. The van der Waals surface area contributed by atoms with Crippen LogP contribution in [0.2, 0.25) is 0 Å². The second-order valence-corrected chi connectivity index (χ2v) is 9.42. The number of hydrogen-bond donors (Lipinski definition) is 3. The molecular weight excluding hydrogens is 480 g/mol. The molecule has 2 aliphatic rings. The number of pyridine rings is 1. The van der Waals surface area contributed by atoms with Gasteiger partial charge in [-0.25, -0.2) is 15.0 Å². The Morgan fingerprint density at radius 2 is 1.97 bits per heavy atom. The number of rotatable bonds is 8. The van der Waals surface area contributed by atoms with Crippen LogP contribution in [-0.2, 0) is 4.79 Å². The number of allylic oxidation sites excluding steroid dienone is 1. The lowest BCUT2D eigenvalue weighted by atomic mass is 10.0. The summed E-state index contributed by atoms with van der Waals surface area (Å²) in [7, 11) is 0. The van der Waals surface area contributed by atoms with Crippen LogP contribution in [0.15, 0.2) is 66.6 Å². The average molecular weight is 509 g/mol. The molecule has 2 fully saturated rings. The van der Waals surface area contributed by atoms with Gasteiger partial charge in [0.2, 0.25) is 5.88 Å². The van der Waals surface area contributed by atoms with Crippen molar-refractivity contribution in [3.05, 3.63) is 77.8 Å². The molecule has 0 spiro atoms. The minimum atomic E-state index is -0.232. The molecule has 1 saturated carbocycles. The Labute approximate surface area is 220 Å². The maximum atomic E-state index is 13.0. The second-order valence-electron chi connectivity index (χ2n) is 9.42. The molecule has 0 bridgehead atoms. The van der Waals surface area contributed by atoms with E-state index in [0.29, 0.717) is 47.6 Å². The fourth-order valence-corrected chi connectivity index (χ4v) is 4.40. The van der Waals surface area contributed by atoms with Gasteiger partial charge < -0.3 is 20.7 Å². The Morgan fingerprint density at radius 1 is 1.16 bits per heavy atom. The number of benzene rings is 1. The predicted molar refractivity (Wildman–Crippen MR) is 143 cm³/mol. The highest BCUT2D eigenvalue weighted by molar-refractivity contribution is 6.16. The van der Waals surface area contributed by atoms with Crippen LogP contribution in [0.3, 0.4) is 0 Å². The first-order valence-corrected chi connectivity index (χ1v) is 12.6. The van der Waals surface area contributed by atoms with E-state index in [1.165, 1.54) is 6.33 Å². The van der Waals surface area contributed by atoms with E-state index in [9.17, 15) is 10.1 Å². The van der Waals surface area contributed by atoms with Crippen molar-refractivity contribution in [2.75, 3.05) is 24.1 Å². The minimum Gasteiger partial charge on any atom is -0.439 e. The van der Waals surface area contributed by atoms with Crippen LogP contribution in [0.1, 0.15) is 36.8 Å². The first kappa shape index (κ1) is 24.9. The molecule has 0 radical (unpaired) electrons. The highest BCUT2D eigenvalue weighted by Crippen LogP contribution is 2.32. The summed E-state index contributed by atoms with van der Waals surface area (Å²) in [5.41, 5.74) is 7.42. The number of carbonyl (C=O) groups excluding carboxylic acids is 1. The summed E-state index contributed by atoms with van der Waals surface area (Å²) < 4.78 is 5.75. The molecule has 3 aromatic rings. The van der Waals surface area contributed by atoms with E-state index in [4.69, 9.17) is 15.9 Å². The van der Waals surface area contributed by atoms with E-state index in [1.807, 2.05) is 30.3 Å². The van der Waals surface area contributed by atoms with Crippen molar-refractivity contribution >= 4 is 23.3 Å². The van der Waals surface area contributed by atoms with Crippen molar-refractivity contribution in [2.45, 2.75) is 31.7 Å². The molecule has 192 valence electrons. The van der Waals surface area contributed by atoms with E-state index in [0.717, 1.165) is 25.7 Å². The van der Waals surface area contributed by atoms with Crippen molar-refractivity contribution in [2.24, 2.45) is 5.92 Å². The predicted octanol–water partition coefficient (Wildman–Crippen LogP) is 3.93. The Kier molecular flexibility index (Phi) is 7.26. The minimum absolute atomic E-state index is 0.116. The van der Waals surface area contributed by atoms with E-state index >= 15 is 0 Å². The Balaban J connectivity index is 1.30. The quantitative estimate of drug-likeness (QED) is 0.235. The maximum Gasteiger partial charge on any atom is 0.264 e. The summed E-state index contributed by atoms with van der Waals surface area (Å²) in [5.74, 6) is 1.77. The van der Waals surface area contributed by atoms with Crippen LogP contribution in [0.25, 0.3) is 0 Å². The molecule has 3 heterocycles. The number of anilines is 2. The van der Waals surface area contributed by atoms with E-state index in [-0.39, 0.29) is 29.1 Å². The summed E-state index contributed by atoms with van der Waals surface area (Å²) in [6, 6.07) is 14.7. The molecule has 10 nitrogen and oxygen atoms in total. The van der Waals surface area contributed by atoms with Crippen molar-refractivity contribution in [1.82, 2.24) is 19.9 Å². The standard InChI is InChI=1S/C28H28N8O2/c29-14-20(13-18-8-9-18)28(37)36-12-4-5-21(16-36)35-27-24(26(31)33-17-34-27)25(30)19-10-11-23(32-15-19)38-22-6-2-1-3-7-22/h1-3,6-7,10-11,13,15,17-18,21,30H,4-5,8-9,12,16H2,(H3,31,33,34,35)/b20-13+,30-25?. The first-order valence-electron chi connectivity index (χ1n) is 12.6. The van der Waals surface area contributed by atoms with Crippen molar-refractivity contribution in [3.8, 4) is 17.7 Å². The van der Waals surface area contributed by atoms with Gasteiger partial charge in [-0.1, -0.05) is 24.3 Å². The smallest absolute Gasteiger partial charge is 0.264 e. The van der Waals surface area contributed by atoms with Gasteiger partial charge in [0.25, 0.3) is 5.91 Å². The largest absolute Gasteiger partial charge is 0.439 e. The van der Waals surface area contributed by atoms with Gasteiger partial charge in [0.15, 0.2) is 0 Å². The molecule has 4 N–H and O–H groups in total. The third-order valence-electron chi connectivity index (χ3n) is 6.54. The Bertz CT molecular complexity index is 1390. The molecule has 5 rings (SSSR count). The van der Waals surface area contributed by atoms with E-state index in [2.05, 4.69) is 26.3 Å². The zero-order chi connectivity index (χ0) is 26.5. The topological polar surface area (TPSA) is 154 Å². The number of nitriles is 1.